The predicted octanol–water partition coefficient (Wildman–Crippen LogP) is 0.722. The molecular formula is C13H14N4O2S. The Balaban J connectivity index is 1.92. The van der Waals surface area contributed by atoms with E-state index in [-0.39, 0.29) is 5.91 Å². The molecule has 0 aromatic carbocycles. The van der Waals surface area contributed by atoms with Gasteiger partial charge in [-0.25, -0.2) is 0 Å². The summed E-state index contributed by atoms with van der Waals surface area (Å²) in [6, 6.07) is 1.83. The van der Waals surface area contributed by atoms with Gasteiger partial charge in [-0.2, -0.15) is 4.98 Å². The number of nitrogens with one attached hydrogen (secondary N) is 1. The number of nitrogens with two attached hydrogens (primary N) is 1. The van der Waals surface area contributed by atoms with E-state index >= 15 is 0 Å². The summed E-state index contributed by atoms with van der Waals surface area (Å²) in [6.45, 7) is 2.69. The molecule has 0 fully saturated rings. The summed E-state index contributed by atoms with van der Waals surface area (Å²) in [5.74, 6) is 6.20. The van der Waals surface area contributed by atoms with Crippen LogP contribution in [0.2, 0.25) is 0 Å². The maximum Gasteiger partial charge on any atom is 0.261 e. The second-order valence-electron chi connectivity index (χ2n) is 3.98. The van der Waals surface area contributed by atoms with Gasteiger partial charge in [0.1, 0.15) is 0 Å². The van der Waals surface area contributed by atoms with E-state index in [1.807, 2.05) is 13.0 Å². The molecule has 2 aromatic heterocycles. The third-order valence-corrected chi connectivity index (χ3v) is 3.64. The van der Waals surface area contributed by atoms with Gasteiger partial charge >= 0.3 is 0 Å². The zero-order valence-electron chi connectivity index (χ0n) is 11.0. The highest BCUT2D eigenvalue weighted by molar-refractivity contribution is 7.14. The molecule has 7 heteroatoms. The summed E-state index contributed by atoms with van der Waals surface area (Å²) in [6.07, 6.45) is 1.80. The zero-order chi connectivity index (χ0) is 14.4. The first-order chi connectivity index (χ1) is 9.70. The fourth-order valence-corrected chi connectivity index (χ4v) is 2.49. The van der Waals surface area contributed by atoms with Crippen LogP contribution < -0.4 is 11.1 Å². The molecule has 0 saturated carbocycles. The molecule has 0 radical (unpaired) electrons. The Bertz CT molecular complexity index is 637. The largest absolute Gasteiger partial charge is 0.351 e. The number of nitrogens with zero attached hydrogens (tertiary/aromatic N) is 2. The highest BCUT2D eigenvalue weighted by Crippen LogP contribution is 2.20. The third-order valence-electron chi connectivity index (χ3n) is 2.49. The van der Waals surface area contributed by atoms with Crippen LogP contribution in [0.15, 0.2) is 17.0 Å². The average molecular weight is 290 g/mol. The summed E-state index contributed by atoms with van der Waals surface area (Å²) in [4.78, 5) is 17.4. The first-order valence-electron chi connectivity index (χ1n) is 6.03. The van der Waals surface area contributed by atoms with Gasteiger partial charge in [-0.15, -0.1) is 11.3 Å². The quantitative estimate of drug-likeness (QED) is 0.809. The third kappa shape index (κ3) is 3.66. The van der Waals surface area contributed by atoms with Crippen molar-refractivity contribution in [3.05, 3.63) is 33.6 Å². The molecule has 2 heterocycles. The topological polar surface area (TPSA) is 94.0 Å². The SMILES string of the molecule is Cc1cc(C(=O)NCCc2ncon2)sc1C#CCN. The number of aryl methyl sites for hydroxylation is 1. The maximum absolute atomic E-state index is 12.0. The molecular weight excluding hydrogens is 276 g/mol. The fraction of sp³-hybridized carbons (Fsp3) is 0.308. The molecule has 2 rings (SSSR count). The predicted molar refractivity (Wildman–Crippen MR) is 75.3 cm³/mol. The van der Waals surface area contributed by atoms with Crippen molar-refractivity contribution >= 4 is 17.2 Å². The molecule has 20 heavy (non-hydrogen) atoms. The van der Waals surface area contributed by atoms with E-state index < -0.39 is 0 Å². The molecule has 0 aliphatic rings. The van der Waals surface area contributed by atoms with E-state index in [4.69, 9.17) is 5.73 Å². The minimum Gasteiger partial charge on any atom is -0.351 e. The van der Waals surface area contributed by atoms with Crippen LogP contribution in [0, 0.1) is 18.8 Å². The molecule has 104 valence electrons. The highest BCUT2D eigenvalue weighted by atomic mass is 32.1. The van der Waals surface area contributed by atoms with Gasteiger partial charge in [0.25, 0.3) is 5.91 Å². The van der Waals surface area contributed by atoms with Gasteiger partial charge in [0.2, 0.25) is 6.39 Å². The van der Waals surface area contributed by atoms with Crippen molar-refractivity contribution in [3.63, 3.8) is 0 Å². The molecule has 6 nitrogen and oxygen atoms in total. The molecule has 2 aromatic rings. The summed E-state index contributed by atoms with van der Waals surface area (Å²) >= 11 is 1.36. The van der Waals surface area contributed by atoms with E-state index in [1.165, 1.54) is 17.7 Å². The lowest BCUT2D eigenvalue weighted by Crippen LogP contribution is -2.25. The summed E-state index contributed by atoms with van der Waals surface area (Å²) in [5.41, 5.74) is 6.32. The second kappa shape index (κ2) is 6.84. The van der Waals surface area contributed by atoms with Crippen LogP contribution in [-0.4, -0.2) is 29.1 Å². The number of thiophene rings is 1. The Kier molecular flexibility index (Phi) is 4.87. The number of aromatic nitrogens is 2. The Morgan fingerprint density at radius 1 is 1.60 bits per heavy atom. The fourth-order valence-electron chi connectivity index (χ4n) is 1.53. The molecule has 1 amide bonds. The van der Waals surface area contributed by atoms with Crippen molar-refractivity contribution < 1.29 is 9.32 Å². The van der Waals surface area contributed by atoms with Crippen LogP contribution in [-0.2, 0) is 6.42 Å². The van der Waals surface area contributed by atoms with E-state index in [0.717, 1.165) is 10.4 Å². The molecule has 0 atom stereocenters. The van der Waals surface area contributed by atoms with Crippen LogP contribution >= 0.6 is 11.3 Å². The lowest BCUT2D eigenvalue weighted by molar-refractivity contribution is 0.0958. The monoisotopic (exact) mass is 290 g/mol. The van der Waals surface area contributed by atoms with Crippen molar-refractivity contribution in [2.45, 2.75) is 13.3 Å². The molecule has 0 spiro atoms. The number of hydrogen-bond acceptors (Lipinski definition) is 6. The van der Waals surface area contributed by atoms with Gasteiger partial charge in [-0.05, 0) is 18.6 Å². The van der Waals surface area contributed by atoms with Crippen LogP contribution in [0.3, 0.4) is 0 Å². The Morgan fingerprint density at radius 2 is 2.45 bits per heavy atom. The van der Waals surface area contributed by atoms with Crippen molar-refractivity contribution in [1.29, 1.82) is 0 Å². The Hall–Kier alpha value is -2.17. The number of amides is 1. The molecule has 3 N–H and O–H groups in total. The molecule has 0 unspecified atom stereocenters. The Labute approximate surface area is 120 Å². The summed E-state index contributed by atoms with van der Waals surface area (Å²) < 4.78 is 4.62. The first kappa shape index (κ1) is 14.2. The molecule has 0 bridgehead atoms. The molecule has 0 aliphatic heterocycles. The normalized spacial score (nSPS) is 9.90. The van der Waals surface area contributed by atoms with Crippen LogP contribution in [0.25, 0.3) is 0 Å². The first-order valence-corrected chi connectivity index (χ1v) is 6.85. The lowest BCUT2D eigenvalue weighted by atomic mass is 10.2. The Morgan fingerprint density at radius 3 is 3.15 bits per heavy atom. The molecule has 0 aliphatic carbocycles. The number of rotatable bonds is 4. The van der Waals surface area contributed by atoms with E-state index in [9.17, 15) is 4.79 Å². The van der Waals surface area contributed by atoms with Gasteiger partial charge < -0.3 is 15.6 Å². The van der Waals surface area contributed by atoms with Crippen molar-refractivity contribution in [2.24, 2.45) is 5.73 Å². The van der Waals surface area contributed by atoms with E-state index in [1.54, 1.807) is 0 Å². The van der Waals surface area contributed by atoms with Crippen LogP contribution in [0.4, 0.5) is 0 Å². The minimum atomic E-state index is -0.123. The van der Waals surface area contributed by atoms with Crippen LogP contribution in [0.1, 0.15) is 25.9 Å². The van der Waals surface area contributed by atoms with Gasteiger partial charge in [-0.1, -0.05) is 17.0 Å². The average Bonchev–Trinajstić information content (AvgIpc) is 3.06. The standard InChI is InChI=1S/C13H14N4O2S/c1-9-7-11(20-10(9)3-2-5-14)13(18)15-6-4-12-16-8-19-17-12/h7-8H,4-6,14H2,1H3,(H,15,18). The number of hydrogen-bond donors (Lipinski definition) is 2. The lowest BCUT2D eigenvalue weighted by Gasteiger charge is -2.00. The van der Waals surface area contributed by atoms with Gasteiger partial charge in [0.05, 0.1) is 16.3 Å². The maximum atomic E-state index is 12.0. The van der Waals surface area contributed by atoms with Gasteiger partial charge in [0, 0.05) is 13.0 Å². The number of carbonyl (C=O) groups excluding carboxylic acids is 1. The molecule has 0 saturated heterocycles. The number of carbonyl (C=O) groups is 1. The minimum absolute atomic E-state index is 0.123. The van der Waals surface area contributed by atoms with Crippen molar-refractivity contribution in [3.8, 4) is 11.8 Å². The second-order valence-corrected chi connectivity index (χ2v) is 5.03. The van der Waals surface area contributed by atoms with Crippen LogP contribution in [0.5, 0.6) is 0 Å². The van der Waals surface area contributed by atoms with E-state index in [0.29, 0.717) is 30.2 Å². The summed E-state index contributed by atoms with van der Waals surface area (Å²) in [5, 5.41) is 6.48. The highest BCUT2D eigenvalue weighted by Gasteiger charge is 2.11. The van der Waals surface area contributed by atoms with Crippen molar-refractivity contribution in [1.82, 2.24) is 15.5 Å². The smallest absolute Gasteiger partial charge is 0.261 e. The van der Waals surface area contributed by atoms with Gasteiger partial charge in [0.15, 0.2) is 5.82 Å². The van der Waals surface area contributed by atoms with Crippen molar-refractivity contribution in [2.75, 3.05) is 13.1 Å². The summed E-state index contributed by atoms with van der Waals surface area (Å²) in [7, 11) is 0. The zero-order valence-corrected chi connectivity index (χ0v) is 11.8. The van der Waals surface area contributed by atoms with E-state index in [2.05, 4.69) is 31.8 Å². The van der Waals surface area contributed by atoms with Gasteiger partial charge in [-0.3, -0.25) is 4.79 Å².